The van der Waals surface area contributed by atoms with Gasteiger partial charge in [0.2, 0.25) is 6.79 Å². The molecule has 0 spiro atoms. The standard InChI is InChI=1S/C21H18N4O4S/c1-15-22-23-21-10-8-18(13-24(15)21)30(26,27)25(12-16-5-3-2-4-6-16)17-7-9-19-20(11-17)29-14-28-19/h2-11,13H,12,14H2,1H3. The van der Waals surface area contributed by atoms with Crippen LogP contribution in [-0.2, 0) is 16.6 Å². The third-order valence-electron chi connectivity index (χ3n) is 4.95. The van der Waals surface area contributed by atoms with Gasteiger partial charge in [-0.1, -0.05) is 30.3 Å². The van der Waals surface area contributed by atoms with Crippen molar-refractivity contribution in [3.63, 3.8) is 0 Å². The van der Waals surface area contributed by atoms with Crippen molar-refractivity contribution in [2.75, 3.05) is 11.1 Å². The van der Waals surface area contributed by atoms with Crippen LogP contribution in [0.25, 0.3) is 5.65 Å². The van der Waals surface area contributed by atoms with Gasteiger partial charge in [-0.05, 0) is 36.8 Å². The smallest absolute Gasteiger partial charge is 0.266 e. The predicted octanol–water partition coefficient (Wildman–Crippen LogP) is 3.16. The maximum Gasteiger partial charge on any atom is 0.266 e. The number of aryl methyl sites for hydroxylation is 1. The number of hydrogen-bond donors (Lipinski definition) is 0. The normalized spacial score (nSPS) is 13.0. The molecule has 9 heteroatoms. The molecule has 0 aliphatic carbocycles. The molecule has 2 aromatic heterocycles. The summed E-state index contributed by atoms with van der Waals surface area (Å²) in [5, 5.41) is 8.03. The van der Waals surface area contributed by atoms with Crippen LogP contribution in [0.2, 0.25) is 0 Å². The van der Waals surface area contributed by atoms with Gasteiger partial charge < -0.3 is 9.47 Å². The van der Waals surface area contributed by atoms with Crippen LogP contribution in [0, 0.1) is 6.92 Å². The summed E-state index contributed by atoms with van der Waals surface area (Å²) in [6, 6.07) is 17.8. The third kappa shape index (κ3) is 3.13. The van der Waals surface area contributed by atoms with Crippen molar-refractivity contribution < 1.29 is 17.9 Å². The van der Waals surface area contributed by atoms with Gasteiger partial charge in [-0.2, -0.15) is 0 Å². The molecule has 0 N–H and O–H groups in total. The minimum absolute atomic E-state index is 0.119. The van der Waals surface area contributed by atoms with Crippen LogP contribution < -0.4 is 13.8 Å². The molecule has 0 saturated heterocycles. The first-order valence-corrected chi connectivity index (χ1v) is 10.7. The summed E-state index contributed by atoms with van der Waals surface area (Å²) in [6.45, 7) is 2.06. The fourth-order valence-electron chi connectivity index (χ4n) is 3.37. The summed E-state index contributed by atoms with van der Waals surface area (Å²) < 4.78 is 41.3. The molecule has 1 aliphatic heterocycles. The highest BCUT2D eigenvalue weighted by atomic mass is 32.2. The van der Waals surface area contributed by atoms with Crippen LogP contribution >= 0.6 is 0 Å². The molecule has 8 nitrogen and oxygen atoms in total. The van der Waals surface area contributed by atoms with Gasteiger partial charge in [-0.25, -0.2) is 8.42 Å². The summed E-state index contributed by atoms with van der Waals surface area (Å²) in [5.74, 6) is 1.72. The predicted molar refractivity (Wildman–Crippen MR) is 110 cm³/mol. The van der Waals surface area contributed by atoms with Crippen LogP contribution in [0.15, 0.2) is 71.8 Å². The fraction of sp³-hybridized carbons (Fsp3) is 0.143. The van der Waals surface area contributed by atoms with Gasteiger partial charge in [0.1, 0.15) is 10.7 Å². The number of ether oxygens (including phenoxy) is 2. The molecule has 0 saturated carbocycles. The Kier molecular flexibility index (Phi) is 4.32. The molecule has 0 radical (unpaired) electrons. The van der Waals surface area contributed by atoms with Crippen LogP contribution in [0.1, 0.15) is 11.4 Å². The summed E-state index contributed by atoms with van der Waals surface area (Å²) in [5.41, 5.74) is 1.94. The number of rotatable bonds is 5. The number of sulfonamides is 1. The number of nitrogens with zero attached hydrogens (tertiary/aromatic N) is 4. The quantitative estimate of drug-likeness (QED) is 0.491. The van der Waals surface area contributed by atoms with Crippen molar-refractivity contribution in [3.8, 4) is 11.5 Å². The van der Waals surface area contributed by atoms with E-state index in [0.29, 0.717) is 28.7 Å². The zero-order valence-corrected chi connectivity index (χ0v) is 16.9. The van der Waals surface area contributed by atoms with Crippen molar-refractivity contribution in [2.45, 2.75) is 18.4 Å². The lowest BCUT2D eigenvalue weighted by Gasteiger charge is -2.25. The van der Waals surface area contributed by atoms with Gasteiger partial charge in [-0.3, -0.25) is 8.71 Å². The van der Waals surface area contributed by atoms with E-state index in [1.54, 1.807) is 47.9 Å². The molecular formula is C21H18N4O4S. The average molecular weight is 422 g/mol. The third-order valence-corrected chi connectivity index (χ3v) is 6.70. The number of aromatic nitrogens is 3. The second-order valence-corrected chi connectivity index (χ2v) is 8.74. The Morgan fingerprint density at radius 3 is 2.63 bits per heavy atom. The van der Waals surface area contributed by atoms with Crippen molar-refractivity contribution >= 4 is 21.4 Å². The van der Waals surface area contributed by atoms with Crippen molar-refractivity contribution in [1.29, 1.82) is 0 Å². The van der Waals surface area contributed by atoms with E-state index in [-0.39, 0.29) is 18.2 Å². The highest BCUT2D eigenvalue weighted by molar-refractivity contribution is 7.92. The lowest BCUT2D eigenvalue weighted by Crippen LogP contribution is -2.30. The summed E-state index contributed by atoms with van der Waals surface area (Å²) >= 11 is 0. The molecule has 2 aromatic carbocycles. The van der Waals surface area contributed by atoms with Crippen LogP contribution in [0.5, 0.6) is 11.5 Å². The van der Waals surface area contributed by atoms with Crippen molar-refractivity contribution in [1.82, 2.24) is 14.6 Å². The fourth-order valence-corrected chi connectivity index (χ4v) is 4.81. The van der Waals surface area contributed by atoms with Gasteiger partial charge in [0.15, 0.2) is 17.1 Å². The zero-order valence-electron chi connectivity index (χ0n) is 16.1. The van der Waals surface area contributed by atoms with E-state index in [4.69, 9.17) is 9.47 Å². The zero-order chi connectivity index (χ0) is 20.7. The van der Waals surface area contributed by atoms with E-state index >= 15 is 0 Å². The number of pyridine rings is 1. The Labute approximate surface area is 173 Å². The Hall–Kier alpha value is -3.59. The number of benzene rings is 2. The lowest BCUT2D eigenvalue weighted by atomic mass is 10.2. The number of anilines is 1. The Morgan fingerprint density at radius 1 is 1.00 bits per heavy atom. The molecule has 0 fully saturated rings. The monoisotopic (exact) mass is 422 g/mol. The first-order chi connectivity index (χ1) is 14.5. The van der Waals surface area contributed by atoms with Crippen molar-refractivity contribution in [2.24, 2.45) is 0 Å². The van der Waals surface area contributed by atoms with Crippen molar-refractivity contribution in [3.05, 3.63) is 78.2 Å². The van der Waals surface area contributed by atoms with Gasteiger partial charge in [0.05, 0.1) is 12.2 Å². The maximum atomic E-state index is 13.7. The summed E-state index contributed by atoms with van der Waals surface area (Å²) in [6.07, 6.45) is 1.55. The van der Waals surface area contributed by atoms with E-state index in [9.17, 15) is 8.42 Å². The van der Waals surface area contributed by atoms with E-state index in [1.165, 1.54) is 4.31 Å². The van der Waals surface area contributed by atoms with Gasteiger partial charge >= 0.3 is 0 Å². The van der Waals surface area contributed by atoms with Crippen LogP contribution in [-0.4, -0.2) is 29.8 Å². The summed E-state index contributed by atoms with van der Waals surface area (Å²) in [7, 11) is -3.90. The molecule has 0 atom stereocenters. The topological polar surface area (TPSA) is 86.0 Å². The molecule has 0 unspecified atom stereocenters. The molecular weight excluding hydrogens is 404 g/mol. The first-order valence-electron chi connectivity index (χ1n) is 9.30. The second kappa shape index (κ2) is 7.03. The van der Waals surface area contributed by atoms with E-state index in [0.717, 1.165) is 5.56 Å². The molecule has 5 rings (SSSR count). The first kappa shape index (κ1) is 18.4. The molecule has 30 heavy (non-hydrogen) atoms. The Balaban J connectivity index is 1.63. The molecule has 0 bridgehead atoms. The molecule has 152 valence electrons. The molecule has 3 heterocycles. The van der Waals surface area contributed by atoms with Crippen LogP contribution in [0.4, 0.5) is 5.69 Å². The van der Waals surface area contributed by atoms with Gasteiger partial charge in [-0.15, -0.1) is 10.2 Å². The largest absolute Gasteiger partial charge is 0.454 e. The Bertz CT molecular complexity index is 1340. The molecule has 0 amide bonds. The van der Waals surface area contributed by atoms with E-state index in [1.807, 2.05) is 30.3 Å². The lowest BCUT2D eigenvalue weighted by molar-refractivity contribution is 0.174. The molecule has 4 aromatic rings. The summed E-state index contributed by atoms with van der Waals surface area (Å²) in [4.78, 5) is 0.145. The van der Waals surface area contributed by atoms with E-state index in [2.05, 4.69) is 10.2 Å². The highest BCUT2D eigenvalue weighted by Gasteiger charge is 2.28. The van der Waals surface area contributed by atoms with E-state index < -0.39 is 10.0 Å². The Morgan fingerprint density at radius 2 is 1.80 bits per heavy atom. The van der Waals surface area contributed by atoms with Gasteiger partial charge in [0.25, 0.3) is 10.0 Å². The van der Waals surface area contributed by atoms with Crippen LogP contribution in [0.3, 0.4) is 0 Å². The number of hydrogen-bond acceptors (Lipinski definition) is 6. The maximum absolute atomic E-state index is 13.7. The molecule has 1 aliphatic rings. The average Bonchev–Trinajstić information content (AvgIpc) is 3.38. The minimum atomic E-state index is -3.90. The van der Waals surface area contributed by atoms with Gasteiger partial charge in [0, 0.05) is 12.3 Å². The SMILES string of the molecule is Cc1nnc2ccc(S(=O)(=O)N(Cc3ccccc3)c3ccc4c(c3)OCO4)cn12. The second-order valence-electron chi connectivity index (χ2n) is 6.88. The highest BCUT2D eigenvalue weighted by Crippen LogP contribution is 2.37. The minimum Gasteiger partial charge on any atom is -0.454 e. The number of fused-ring (bicyclic) bond motifs is 2.